The van der Waals surface area contributed by atoms with Crippen molar-refractivity contribution in [1.29, 1.82) is 0 Å². The molecule has 130 valence electrons. The molecule has 0 aliphatic heterocycles. The minimum absolute atomic E-state index is 0.0999. The summed E-state index contributed by atoms with van der Waals surface area (Å²) in [7, 11) is 0. The van der Waals surface area contributed by atoms with Crippen molar-refractivity contribution in [3.63, 3.8) is 0 Å². The van der Waals surface area contributed by atoms with Gasteiger partial charge in [0.25, 0.3) is 0 Å². The van der Waals surface area contributed by atoms with Gasteiger partial charge >= 0.3 is 0 Å². The molecule has 0 saturated heterocycles. The highest BCUT2D eigenvalue weighted by Crippen LogP contribution is 2.62. The smallest absolute Gasteiger partial charge is 0.140 e. The van der Waals surface area contributed by atoms with Crippen LogP contribution in [0.2, 0.25) is 0 Å². The lowest BCUT2D eigenvalue weighted by Crippen LogP contribution is -2.59. The Balaban J connectivity index is 3.27. The van der Waals surface area contributed by atoms with E-state index in [1.807, 2.05) is 18.2 Å². The van der Waals surface area contributed by atoms with Crippen molar-refractivity contribution < 1.29 is 4.79 Å². The number of Topliss-reactive ketones (excluding diaryl/α,β-unsaturated/α-hetero) is 1. The molecule has 0 aromatic heterocycles. The van der Waals surface area contributed by atoms with Crippen molar-refractivity contribution >= 4 is 5.78 Å². The van der Waals surface area contributed by atoms with Crippen LogP contribution in [0.15, 0.2) is 30.3 Å². The summed E-state index contributed by atoms with van der Waals surface area (Å²) in [6.45, 7) is 20.0. The van der Waals surface area contributed by atoms with Gasteiger partial charge in [0.2, 0.25) is 0 Å². The van der Waals surface area contributed by atoms with Crippen molar-refractivity contribution in [2.45, 2.75) is 75.2 Å². The summed E-state index contributed by atoms with van der Waals surface area (Å²) in [5.74, 6) is 0.397. The van der Waals surface area contributed by atoms with Gasteiger partial charge in [0, 0.05) is 11.8 Å². The molecule has 0 spiro atoms. The van der Waals surface area contributed by atoms with E-state index < -0.39 is 0 Å². The van der Waals surface area contributed by atoms with Crippen molar-refractivity contribution in [2.24, 2.45) is 21.7 Å². The molecule has 1 rings (SSSR count). The third kappa shape index (κ3) is 3.70. The summed E-state index contributed by atoms with van der Waals surface area (Å²) >= 11 is 0. The van der Waals surface area contributed by atoms with E-state index in [0.29, 0.717) is 12.2 Å². The first kappa shape index (κ1) is 19.9. The van der Waals surface area contributed by atoms with Crippen LogP contribution in [0.1, 0.15) is 74.3 Å². The van der Waals surface area contributed by atoms with E-state index in [1.165, 1.54) is 5.56 Å². The molecular formula is C22H36O. The fraction of sp³-hybridized carbons (Fsp3) is 0.682. The lowest BCUT2D eigenvalue weighted by molar-refractivity contribution is -0.167. The van der Waals surface area contributed by atoms with Crippen LogP contribution in [0.5, 0.6) is 0 Å². The van der Waals surface area contributed by atoms with E-state index in [0.717, 1.165) is 6.42 Å². The zero-order valence-corrected chi connectivity index (χ0v) is 16.7. The first-order valence-corrected chi connectivity index (χ1v) is 8.82. The molecule has 1 heteroatoms. The fourth-order valence-corrected chi connectivity index (χ4v) is 5.72. The molecule has 1 aromatic rings. The molecule has 1 aromatic carbocycles. The van der Waals surface area contributed by atoms with E-state index in [9.17, 15) is 4.79 Å². The second-order valence-corrected chi connectivity index (χ2v) is 9.91. The van der Waals surface area contributed by atoms with Gasteiger partial charge in [0.1, 0.15) is 5.78 Å². The minimum atomic E-state index is -0.387. The molecule has 0 unspecified atom stereocenters. The number of hydrogen-bond donors (Lipinski definition) is 0. The van der Waals surface area contributed by atoms with Crippen molar-refractivity contribution in [2.75, 3.05) is 0 Å². The Morgan fingerprint density at radius 2 is 1.13 bits per heavy atom. The van der Waals surface area contributed by atoms with Gasteiger partial charge in [0.05, 0.1) is 0 Å². The largest absolute Gasteiger partial charge is 0.299 e. The average molecular weight is 317 g/mol. The number of carbonyl (C=O) groups excluding carboxylic acids is 1. The van der Waals surface area contributed by atoms with Crippen molar-refractivity contribution in [3.8, 4) is 0 Å². The summed E-state index contributed by atoms with van der Waals surface area (Å²) < 4.78 is 0. The fourth-order valence-electron chi connectivity index (χ4n) is 5.72. The van der Waals surface area contributed by atoms with E-state index in [4.69, 9.17) is 0 Å². The molecule has 0 fully saturated rings. The highest BCUT2D eigenvalue weighted by Gasteiger charge is 2.61. The number of ketones is 1. The number of benzene rings is 1. The molecule has 0 radical (unpaired) electrons. The summed E-state index contributed by atoms with van der Waals surface area (Å²) in [5, 5.41) is 0. The second kappa shape index (κ2) is 6.42. The first-order valence-electron chi connectivity index (χ1n) is 8.82. The Bertz CT molecular complexity index is 482. The highest BCUT2D eigenvalue weighted by atomic mass is 16.1. The number of hydrogen-bond acceptors (Lipinski definition) is 1. The first-order chi connectivity index (χ1) is 10.2. The van der Waals surface area contributed by atoms with E-state index in [2.05, 4.69) is 74.4 Å². The van der Waals surface area contributed by atoms with Crippen LogP contribution in [-0.2, 0) is 11.2 Å². The predicted molar refractivity (Wildman–Crippen MR) is 101 cm³/mol. The maximum Gasteiger partial charge on any atom is 0.140 e. The van der Waals surface area contributed by atoms with Crippen LogP contribution in [0.4, 0.5) is 0 Å². The standard InChI is InChI=1S/C22H36O/c1-19(2,3)22(20(4,5)6,21(7,8)9)18(23)16-15-17-13-11-10-12-14-17/h10-14H,15-16H2,1-9H3. The third-order valence-electron chi connectivity index (χ3n) is 5.28. The molecule has 0 heterocycles. The third-order valence-corrected chi connectivity index (χ3v) is 5.28. The Morgan fingerprint density at radius 3 is 1.48 bits per heavy atom. The van der Waals surface area contributed by atoms with Crippen LogP contribution < -0.4 is 0 Å². The van der Waals surface area contributed by atoms with Gasteiger partial charge in [-0.2, -0.15) is 0 Å². The number of carbonyl (C=O) groups is 1. The number of aryl methyl sites for hydroxylation is 1. The van der Waals surface area contributed by atoms with Crippen LogP contribution in [-0.4, -0.2) is 5.78 Å². The second-order valence-electron chi connectivity index (χ2n) is 9.91. The Labute approximate surface area is 143 Å². The van der Waals surface area contributed by atoms with Gasteiger partial charge in [0.15, 0.2) is 0 Å². The van der Waals surface area contributed by atoms with Crippen LogP contribution in [0.3, 0.4) is 0 Å². The summed E-state index contributed by atoms with van der Waals surface area (Å²) in [5.41, 5.74) is 0.555. The quantitative estimate of drug-likeness (QED) is 0.636. The summed E-state index contributed by atoms with van der Waals surface area (Å²) in [4.78, 5) is 13.6. The van der Waals surface area contributed by atoms with Crippen LogP contribution >= 0.6 is 0 Å². The number of rotatable bonds is 4. The molecule has 0 atom stereocenters. The molecular weight excluding hydrogens is 280 g/mol. The zero-order valence-electron chi connectivity index (χ0n) is 16.7. The van der Waals surface area contributed by atoms with Gasteiger partial charge in [-0.25, -0.2) is 0 Å². The topological polar surface area (TPSA) is 17.1 Å². The maximum atomic E-state index is 13.6. The monoisotopic (exact) mass is 316 g/mol. The van der Waals surface area contributed by atoms with Gasteiger partial charge in [-0.05, 0) is 28.2 Å². The minimum Gasteiger partial charge on any atom is -0.299 e. The molecule has 0 N–H and O–H groups in total. The normalized spacial score (nSPS) is 14.0. The lowest BCUT2D eigenvalue weighted by atomic mass is 9.42. The maximum absolute atomic E-state index is 13.6. The molecule has 0 bridgehead atoms. The highest BCUT2D eigenvalue weighted by molar-refractivity contribution is 5.87. The molecule has 0 aliphatic carbocycles. The summed E-state index contributed by atoms with van der Waals surface area (Å²) in [6, 6.07) is 10.3. The van der Waals surface area contributed by atoms with Gasteiger partial charge in [-0.1, -0.05) is 92.6 Å². The van der Waals surface area contributed by atoms with Crippen molar-refractivity contribution in [3.05, 3.63) is 35.9 Å². The average Bonchev–Trinajstić information content (AvgIpc) is 2.32. The van der Waals surface area contributed by atoms with Crippen LogP contribution in [0, 0.1) is 21.7 Å². The van der Waals surface area contributed by atoms with Crippen LogP contribution in [0.25, 0.3) is 0 Å². The van der Waals surface area contributed by atoms with E-state index >= 15 is 0 Å². The lowest BCUT2D eigenvalue weighted by Gasteiger charge is -2.60. The zero-order chi connectivity index (χ0) is 18.1. The van der Waals surface area contributed by atoms with Crippen molar-refractivity contribution in [1.82, 2.24) is 0 Å². The van der Waals surface area contributed by atoms with Gasteiger partial charge in [-0.3, -0.25) is 4.79 Å². The Kier molecular flexibility index (Phi) is 5.56. The summed E-state index contributed by atoms with van der Waals surface area (Å²) in [6.07, 6.45) is 1.43. The molecule has 0 aliphatic rings. The molecule has 0 amide bonds. The predicted octanol–water partition coefficient (Wildman–Crippen LogP) is 6.31. The van der Waals surface area contributed by atoms with Gasteiger partial charge < -0.3 is 0 Å². The van der Waals surface area contributed by atoms with E-state index in [1.54, 1.807) is 0 Å². The Morgan fingerprint density at radius 1 is 0.739 bits per heavy atom. The SMILES string of the molecule is CC(C)(C)C(C(=O)CCc1ccccc1)(C(C)(C)C)C(C)(C)C. The molecule has 23 heavy (non-hydrogen) atoms. The molecule has 0 saturated carbocycles. The van der Waals surface area contributed by atoms with E-state index in [-0.39, 0.29) is 21.7 Å². The Hall–Kier alpha value is -1.11. The molecule has 1 nitrogen and oxygen atoms in total. The van der Waals surface area contributed by atoms with Gasteiger partial charge in [-0.15, -0.1) is 0 Å².